The molecule has 0 bridgehead atoms. The van der Waals surface area contributed by atoms with Gasteiger partial charge in [0.15, 0.2) is 9.84 Å². The first-order valence-corrected chi connectivity index (χ1v) is 11.3. The number of hydrogen-bond donors (Lipinski definition) is 2. The number of H-pyrrole nitrogens is 1. The number of nitrogens with one attached hydrogen (secondary N) is 2. The molecule has 1 saturated heterocycles. The van der Waals surface area contributed by atoms with E-state index < -0.39 is 9.84 Å². The Kier molecular flexibility index (Phi) is 5.06. The van der Waals surface area contributed by atoms with Crippen LogP contribution in [0.3, 0.4) is 0 Å². The number of fused-ring (bicyclic) bond motifs is 1. The normalized spacial score (nSPS) is 18.8. The van der Waals surface area contributed by atoms with Crippen LogP contribution in [0.1, 0.15) is 36.8 Å². The highest BCUT2D eigenvalue weighted by Gasteiger charge is 2.24. The van der Waals surface area contributed by atoms with Crippen LogP contribution in [0.4, 0.5) is 0 Å². The van der Waals surface area contributed by atoms with Gasteiger partial charge >= 0.3 is 0 Å². The first-order valence-electron chi connectivity index (χ1n) is 9.66. The topological polar surface area (TPSA) is 62.0 Å². The van der Waals surface area contributed by atoms with Crippen molar-refractivity contribution in [3.05, 3.63) is 65.9 Å². The van der Waals surface area contributed by atoms with Gasteiger partial charge in [0.1, 0.15) is 0 Å². The number of rotatable bonds is 6. The van der Waals surface area contributed by atoms with Crippen molar-refractivity contribution in [1.29, 1.82) is 0 Å². The molecule has 0 radical (unpaired) electrons. The minimum absolute atomic E-state index is 0.127. The number of sulfone groups is 1. The van der Waals surface area contributed by atoms with Gasteiger partial charge in [-0.3, -0.25) is 0 Å². The average molecular weight is 383 g/mol. The van der Waals surface area contributed by atoms with E-state index in [1.807, 2.05) is 12.1 Å². The lowest BCUT2D eigenvalue weighted by Crippen LogP contribution is -2.27. The molecular weight excluding hydrogens is 356 g/mol. The summed E-state index contributed by atoms with van der Waals surface area (Å²) in [7, 11) is -3.26. The van der Waals surface area contributed by atoms with Gasteiger partial charge in [-0.15, -0.1) is 0 Å². The SMILES string of the molecule is CC(c1c[nH]c2ccc(CCS(=O)(=O)c3ccccc3)cc12)C1CCCN1. The zero-order valence-corrected chi connectivity index (χ0v) is 16.4. The van der Waals surface area contributed by atoms with Crippen molar-refractivity contribution in [2.24, 2.45) is 0 Å². The van der Waals surface area contributed by atoms with Crippen LogP contribution in [-0.4, -0.2) is 31.7 Å². The Labute approximate surface area is 160 Å². The van der Waals surface area contributed by atoms with Gasteiger partial charge in [-0.2, -0.15) is 0 Å². The van der Waals surface area contributed by atoms with Crippen molar-refractivity contribution in [2.75, 3.05) is 12.3 Å². The molecule has 2 N–H and O–H groups in total. The summed E-state index contributed by atoms with van der Waals surface area (Å²) < 4.78 is 25.1. The quantitative estimate of drug-likeness (QED) is 0.676. The summed E-state index contributed by atoms with van der Waals surface area (Å²) in [5.74, 6) is 0.562. The van der Waals surface area contributed by atoms with E-state index in [2.05, 4.69) is 35.6 Å². The first-order chi connectivity index (χ1) is 13.0. The highest BCUT2D eigenvalue weighted by Crippen LogP contribution is 2.31. The fourth-order valence-corrected chi connectivity index (χ4v) is 5.39. The van der Waals surface area contributed by atoms with E-state index in [1.54, 1.807) is 24.3 Å². The predicted octanol–water partition coefficient (Wildman–Crippen LogP) is 4.04. The molecule has 142 valence electrons. The minimum atomic E-state index is -3.26. The van der Waals surface area contributed by atoms with Crippen LogP contribution in [0.15, 0.2) is 59.6 Å². The van der Waals surface area contributed by atoms with Crippen LogP contribution in [0, 0.1) is 0 Å². The second-order valence-electron chi connectivity index (χ2n) is 7.50. The molecule has 2 heterocycles. The standard InChI is InChI=1S/C22H26N2O2S/c1-16(21-8-5-12-23-21)20-15-24-22-10-9-17(14-19(20)22)11-13-27(25,26)18-6-3-2-4-7-18/h2-4,6-7,9-10,14-16,21,23-24H,5,8,11-13H2,1H3. The summed E-state index contributed by atoms with van der Waals surface area (Å²) in [6.07, 6.45) is 5.08. The molecular formula is C22H26N2O2S. The second-order valence-corrected chi connectivity index (χ2v) is 9.61. The van der Waals surface area contributed by atoms with Gasteiger partial charge in [0, 0.05) is 23.1 Å². The van der Waals surface area contributed by atoms with Gasteiger partial charge in [-0.1, -0.05) is 31.2 Å². The molecule has 1 aromatic heterocycles. The van der Waals surface area contributed by atoms with E-state index in [0.29, 0.717) is 23.3 Å². The minimum Gasteiger partial charge on any atom is -0.361 e. The summed E-state index contributed by atoms with van der Waals surface area (Å²) in [5, 5.41) is 4.81. The predicted molar refractivity (Wildman–Crippen MR) is 110 cm³/mol. The van der Waals surface area contributed by atoms with E-state index in [4.69, 9.17) is 0 Å². The summed E-state index contributed by atoms with van der Waals surface area (Å²) in [6, 6.07) is 15.5. The molecule has 2 aromatic carbocycles. The summed E-state index contributed by atoms with van der Waals surface area (Å²) >= 11 is 0. The largest absolute Gasteiger partial charge is 0.361 e. The Balaban J connectivity index is 1.55. The molecule has 0 saturated carbocycles. The molecule has 0 amide bonds. The summed E-state index contributed by atoms with van der Waals surface area (Å²) in [6.45, 7) is 3.37. The van der Waals surface area contributed by atoms with Crippen molar-refractivity contribution in [3.63, 3.8) is 0 Å². The third-order valence-electron chi connectivity index (χ3n) is 5.73. The van der Waals surface area contributed by atoms with Crippen LogP contribution < -0.4 is 5.32 Å². The fourth-order valence-electron chi connectivity index (χ4n) is 4.07. The molecule has 3 aromatic rings. The van der Waals surface area contributed by atoms with Crippen molar-refractivity contribution in [2.45, 2.75) is 43.0 Å². The zero-order valence-electron chi connectivity index (χ0n) is 15.6. The van der Waals surface area contributed by atoms with Crippen LogP contribution in [0.25, 0.3) is 10.9 Å². The van der Waals surface area contributed by atoms with Gasteiger partial charge in [-0.25, -0.2) is 8.42 Å². The number of aryl methyl sites for hydroxylation is 1. The Morgan fingerprint density at radius 1 is 1.15 bits per heavy atom. The van der Waals surface area contributed by atoms with E-state index in [1.165, 1.54) is 23.8 Å². The van der Waals surface area contributed by atoms with Crippen LogP contribution in [-0.2, 0) is 16.3 Å². The molecule has 1 aliphatic heterocycles. The summed E-state index contributed by atoms with van der Waals surface area (Å²) in [4.78, 5) is 3.77. The molecule has 0 aliphatic carbocycles. The van der Waals surface area contributed by atoms with Gasteiger partial charge < -0.3 is 10.3 Å². The molecule has 27 heavy (non-hydrogen) atoms. The maximum Gasteiger partial charge on any atom is 0.178 e. The fraction of sp³-hybridized carbons (Fsp3) is 0.364. The molecule has 4 rings (SSSR count). The van der Waals surface area contributed by atoms with Crippen molar-refractivity contribution in [3.8, 4) is 0 Å². The number of hydrogen-bond acceptors (Lipinski definition) is 3. The highest BCUT2D eigenvalue weighted by molar-refractivity contribution is 7.91. The monoisotopic (exact) mass is 382 g/mol. The molecule has 1 aliphatic rings. The molecule has 2 atom stereocenters. The van der Waals surface area contributed by atoms with Gasteiger partial charge in [0.25, 0.3) is 0 Å². The maximum atomic E-state index is 12.6. The second kappa shape index (κ2) is 7.49. The Hall–Kier alpha value is -2.11. The number of aromatic amines is 1. The smallest absolute Gasteiger partial charge is 0.178 e. The van der Waals surface area contributed by atoms with E-state index in [0.717, 1.165) is 17.6 Å². The van der Waals surface area contributed by atoms with Crippen LogP contribution in [0.2, 0.25) is 0 Å². The molecule has 1 fully saturated rings. The lowest BCUT2D eigenvalue weighted by molar-refractivity contribution is 0.520. The summed E-state index contributed by atoms with van der Waals surface area (Å²) in [5.41, 5.74) is 3.50. The highest BCUT2D eigenvalue weighted by atomic mass is 32.2. The lowest BCUT2D eigenvalue weighted by atomic mass is 9.91. The van der Waals surface area contributed by atoms with Crippen molar-refractivity contribution in [1.82, 2.24) is 10.3 Å². The van der Waals surface area contributed by atoms with Crippen LogP contribution >= 0.6 is 0 Å². The Morgan fingerprint density at radius 2 is 1.96 bits per heavy atom. The molecule has 4 nitrogen and oxygen atoms in total. The average Bonchev–Trinajstić information content (AvgIpc) is 3.36. The molecule has 2 unspecified atom stereocenters. The van der Waals surface area contributed by atoms with Gasteiger partial charge in [-0.05, 0) is 67.1 Å². The Morgan fingerprint density at radius 3 is 2.70 bits per heavy atom. The van der Waals surface area contributed by atoms with Crippen molar-refractivity contribution < 1.29 is 8.42 Å². The van der Waals surface area contributed by atoms with E-state index >= 15 is 0 Å². The van der Waals surface area contributed by atoms with Crippen molar-refractivity contribution >= 4 is 20.7 Å². The van der Waals surface area contributed by atoms with Gasteiger partial charge in [0.2, 0.25) is 0 Å². The third-order valence-corrected chi connectivity index (χ3v) is 7.46. The number of aromatic nitrogens is 1. The van der Waals surface area contributed by atoms with E-state index in [-0.39, 0.29) is 5.75 Å². The van der Waals surface area contributed by atoms with Crippen LogP contribution in [0.5, 0.6) is 0 Å². The van der Waals surface area contributed by atoms with E-state index in [9.17, 15) is 8.42 Å². The molecule has 5 heteroatoms. The third kappa shape index (κ3) is 3.80. The maximum absolute atomic E-state index is 12.6. The first kappa shape index (κ1) is 18.3. The molecule has 0 spiro atoms. The lowest BCUT2D eigenvalue weighted by Gasteiger charge is -2.19. The zero-order chi connectivity index (χ0) is 18.9. The van der Waals surface area contributed by atoms with Gasteiger partial charge in [0.05, 0.1) is 10.6 Å². The Bertz CT molecular complexity index is 1020. The number of benzene rings is 2.